The molecule has 8 N–H and O–H groups in total. The van der Waals surface area contributed by atoms with E-state index >= 15 is 0 Å². The zero-order valence-corrected chi connectivity index (χ0v) is 23.2. The lowest BCUT2D eigenvalue weighted by atomic mass is 10.1. The van der Waals surface area contributed by atoms with E-state index in [1.54, 1.807) is 31.2 Å². The van der Waals surface area contributed by atoms with Crippen molar-refractivity contribution in [2.24, 2.45) is 0 Å². The third-order valence-electron chi connectivity index (χ3n) is 6.27. The number of benzene rings is 2. The molecule has 0 unspecified atom stereocenters. The normalized spacial score (nSPS) is 14.8. The van der Waals surface area contributed by atoms with Crippen molar-refractivity contribution in [3.63, 3.8) is 0 Å². The Bertz CT molecular complexity index is 1640. The van der Waals surface area contributed by atoms with Crippen LogP contribution in [0, 0.1) is 6.92 Å². The van der Waals surface area contributed by atoms with Crippen LogP contribution in [-0.2, 0) is 23.9 Å². The predicted octanol–water partition coefficient (Wildman–Crippen LogP) is 0.874. The molecule has 16 heteroatoms. The predicted molar refractivity (Wildman–Crippen MR) is 153 cm³/mol. The zero-order valence-electron chi connectivity index (χ0n) is 22.3. The molecule has 0 saturated carbocycles. The first kappa shape index (κ1) is 29.9. The maximum atomic E-state index is 12.7. The molecule has 222 valence electrons. The van der Waals surface area contributed by atoms with Gasteiger partial charge in [0.05, 0.1) is 6.04 Å². The third-order valence-corrected chi connectivity index (χ3v) is 7.52. The molecule has 2 atom stereocenters. The van der Waals surface area contributed by atoms with Crippen LogP contribution in [0.2, 0.25) is 0 Å². The number of amides is 1. The topological polar surface area (TPSA) is 235 Å². The number of anilines is 4. The van der Waals surface area contributed by atoms with Gasteiger partial charge in [0.25, 0.3) is 11.5 Å². The fourth-order valence-corrected chi connectivity index (χ4v) is 4.91. The Kier molecular flexibility index (Phi) is 8.95. The van der Waals surface area contributed by atoms with Crippen LogP contribution in [0.25, 0.3) is 0 Å². The van der Waals surface area contributed by atoms with Gasteiger partial charge in [0.1, 0.15) is 22.4 Å². The second-order valence-electron chi connectivity index (χ2n) is 9.48. The average Bonchev–Trinajstić information content (AvgIpc) is 2.94. The highest BCUT2D eigenvalue weighted by atomic mass is 32.2. The Hall–Kier alpha value is -5.12. The van der Waals surface area contributed by atoms with Crippen molar-refractivity contribution in [1.82, 2.24) is 15.3 Å². The van der Waals surface area contributed by atoms with Gasteiger partial charge in [-0.15, -0.1) is 0 Å². The summed E-state index contributed by atoms with van der Waals surface area (Å²) in [4.78, 5) is 54.8. The smallest absolute Gasteiger partial charge is 0.341 e. The quantitative estimate of drug-likeness (QED) is 0.152. The van der Waals surface area contributed by atoms with Gasteiger partial charge in [-0.1, -0.05) is 17.7 Å². The van der Waals surface area contributed by atoms with Gasteiger partial charge in [0.15, 0.2) is 0 Å². The van der Waals surface area contributed by atoms with Crippen molar-refractivity contribution in [3.05, 3.63) is 70.0 Å². The first-order valence-corrected chi connectivity index (χ1v) is 14.1. The molecule has 0 aliphatic carbocycles. The van der Waals surface area contributed by atoms with Gasteiger partial charge >= 0.3 is 22.1 Å². The van der Waals surface area contributed by atoms with Crippen LogP contribution in [0.4, 0.5) is 23.1 Å². The standard InChI is InChI=1S/C26H29N7O8S/c1-14-2-8-18(9-3-14)42(39,40)41-20(34)11-10-19(25(37)38)31-23(35)15-4-6-16(7-5-15)28-12-17-13-29-22-21(30-17)24(36)33-26(27)32-22/h2-9,17,19,28,30H,10-13H2,1H3,(H,31,35)(H,37,38)(H4,27,29,32,33,36)/t17-,19-/m0/s1. The molecule has 1 amide bonds. The van der Waals surface area contributed by atoms with Crippen LogP contribution in [0.5, 0.6) is 0 Å². The van der Waals surface area contributed by atoms with Gasteiger partial charge in [-0.3, -0.25) is 14.4 Å². The molecule has 2 heterocycles. The monoisotopic (exact) mass is 599 g/mol. The highest BCUT2D eigenvalue weighted by molar-refractivity contribution is 7.87. The molecule has 42 heavy (non-hydrogen) atoms. The molecule has 1 aliphatic heterocycles. The summed E-state index contributed by atoms with van der Waals surface area (Å²) in [6.07, 6.45) is -0.950. The number of H-pyrrole nitrogens is 1. The number of fused-ring (bicyclic) bond motifs is 1. The van der Waals surface area contributed by atoms with Gasteiger partial charge in [0, 0.05) is 30.8 Å². The van der Waals surface area contributed by atoms with Gasteiger partial charge in [0.2, 0.25) is 5.95 Å². The lowest BCUT2D eigenvalue weighted by Crippen LogP contribution is -2.41. The summed E-state index contributed by atoms with van der Waals surface area (Å²) in [5, 5.41) is 21.2. The Morgan fingerprint density at radius 2 is 1.83 bits per heavy atom. The van der Waals surface area contributed by atoms with Gasteiger partial charge in [-0.25, -0.2) is 4.79 Å². The summed E-state index contributed by atoms with van der Waals surface area (Å²) in [5.41, 5.74) is 6.99. The van der Waals surface area contributed by atoms with E-state index in [-0.39, 0.29) is 34.6 Å². The van der Waals surface area contributed by atoms with Crippen LogP contribution in [0.3, 0.4) is 0 Å². The number of carboxylic acid groups (broad SMARTS) is 1. The summed E-state index contributed by atoms with van der Waals surface area (Å²) in [6.45, 7) is 2.67. The number of nitrogens with one attached hydrogen (secondary N) is 5. The molecule has 0 fully saturated rings. The molecular formula is C26H29N7O8S. The maximum absolute atomic E-state index is 12.7. The molecular weight excluding hydrogens is 570 g/mol. The molecule has 4 rings (SSSR count). The number of carboxylic acids is 1. The molecule has 15 nitrogen and oxygen atoms in total. The Morgan fingerprint density at radius 3 is 2.50 bits per heavy atom. The molecule has 1 aromatic heterocycles. The molecule has 0 spiro atoms. The van der Waals surface area contributed by atoms with E-state index in [1.807, 2.05) is 0 Å². The molecule has 1 aliphatic rings. The minimum atomic E-state index is -4.36. The third kappa shape index (κ3) is 7.54. The molecule has 0 saturated heterocycles. The van der Waals surface area contributed by atoms with Gasteiger partial charge in [-0.2, -0.15) is 13.4 Å². The number of rotatable bonds is 11. The zero-order chi connectivity index (χ0) is 30.4. The fraction of sp³-hybridized carbons (Fsp3) is 0.269. The number of hydrogen-bond donors (Lipinski definition) is 7. The summed E-state index contributed by atoms with van der Waals surface area (Å²) < 4.78 is 29.1. The number of aromatic nitrogens is 2. The maximum Gasteiger partial charge on any atom is 0.341 e. The minimum absolute atomic E-state index is 0.00951. The second-order valence-corrected chi connectivity index (χ2v) is 11.0. The van der Waals surface area contributed by atoms with Gasteiger partial charge < -0.3 is 41.3 Å². The number of aryl methyl sites for hydroxylation is 1. The average molecular weight is 600 g/mol. The van der Waals surface area contributed by atoms with E-state index < -0.39 is 46.0 Å². The van der Waals surface area contributed by atoms with Crippen molar-refractivity contribution < 1.29 is 32.1 Å². The summed E-state index contributed by atoms with van der Waals surface area (Å²) in [6, 6.07) is 10.3. The van der Waals surface area contributed by atoms with Crippen LogP contribution in [-0.4, -0.2) is 66.5 Å². The Labute approximate surface area is 240 Å². The van der Waals surface area contributed by atoms with Gasteiger partial charge in [-0.05, 0) is 49.7 Å². The number of aliphatic carboxylic acids is 1. The van der Waals surface area contributed by atoms with Crippen LogP contribution >= 0.6 is 0 Å². The van der Waals surface area contributed by atoms with E-state index in [2.05, 4.69) is 35.4 Å². The van der Waals surface area contributed by atoms with E-state index in [0.717, 1.165) is 5.56 Å². The van der Waals surface area contributed by atoms with E-state index in [9.17, 15) is 32.7 Å². The number of nitrogens with zero attached hydrogens (tertiary/aromatic N) is 1. The number of hydrogen-bond acceptors (Lipinski definition) is 12. The number of carbonyl (C=O) groups is 3. The molecule has 0 radical (unpaired) electrons. The molecule has 3 aromatic rings. The first-order chi connectivity index (χ1) is 19.9. The SMILES string of the molecule is Cc1ccc(S(=O)(=O)OC(=O)CC[C@H](NC(=O)c2ccc(NC[C@H]3CNc4[nH]c(N)nc(=O)c4N3)cc2)C(=O)O)cc1. The van der Waals surface area contributed by atoms with Crippen LogP contribution in [0.1, 0.15) is 28.8 Å². The van der Waals surface area contributed by atoms with Crippen molar-refractivity contribution in [2.75, 3.05) is 34.8 Å². The second kappa shape index (κ2) is 12.6. The van der Waals surface area contributed by atoms with E-state index in [4.69, 9.17) is 5.73 Å². The van der Waals surface area contributed by atoms with E-state index in [0.29, 0.717) is 24.6 Å². The van der Waals surface area contributed by atoms with Crippen molar-refractivity contribution in [3.8, 4) is 0 Å². The Balaban J connectivity index is 1.27. The highest BCUT2D eigenvalue weighted by Gasteiger charge is 2.25. The Morgan fingerprint density at radius 1 is 1.14 bits per heavy atom. The minimum Gasteiger partial charge on any atom is -0.480 e. The largest absolute Gasteiger partial charge is 0.480 e. The number of carbonyl (C=O) groups excluding carboxylic acids is 2. The van der Waals surface area contributed by atoms with Crippen molar-refractivity contribution in [1.29, 1.82) is 0 Å². The van der Waals surface area contributed by atoms with Crippen LogP contribution < -0.4 is 32.6 Å². The van der Waals surface area contributed by atoms with Crippen LogP contribution in [0.15, 0.2) is 58.2 Å². The summed E-state index contributed by atoms with van der Waals surface area (Å²) in [7, 11) is -4.36. The number of nitrogens with two attached hydrogens (primary N) is 1. The summed E-state index contributed by atoms with van der Waals surface area (Å²) >= 11 is 0. The fourth-order valence-electron chi connectivity index (χ4n) is 4.02. The summed E-state index contributed by atoms with van der Waals surface area (Å²) in [5.74, 6) is -2.78. The van der Waals surface area contributed by atoms with Crippen molar-refractivity contribution >= 4 is 51.1 Å². The lowest BCUT2D eigenvalue weighted by Gasteiger charge is -2.27. The molecule has 0 bridgehead atoms. The number of nitrogen functional groups attached to an aromatic ring is 1. The highest BCUT2D eigenvalue weighted by Crippen LogP contribution is 2.20. The first-order valence-electron chi connectivity index (χ1n) is 12.7. The van der Waals surface area contributed by atoms with E-state index in [1.165, 1.54) is 24.3 Å². The van der Waals surface area contributed by atoms with Crippen molar-refractivity contribution in [2.45, 2.75) is 36.7 Å². The molecule has 2 aromatic carbocycles. The lowest BCUT2D eigenvalue weighted by molar-refractivity contribution is -0.140. The number of aromatic amines is 1.